The van der Waals surface area contributed by atoms with Crippen LogP contribution in [0.3, 0.4) is 0 Å². The lowest BCUT2D eigenvalue weighted by Crippen LogP contribution is -2.20. The van der Waals surface area contributed by atoms with E-state index in [0.29, 0.717) is 49.9 Å². The van der Waals surface area contributed by atoms with Gasteiger partial charge in [-0.05, 0) is 66.7 Å². The number of hydrogen-bond acceptors (Lipinski definition) is 7. The molecule has 0 aliphatic heterocycles. The number of methoxy groups -OCH3 is 1. The number of rotatable bonds is 5. The normalized spacial score (nSPS) is 11.6. The molecule has 0 amide bonds. The molecule has 6 rings (SSSR count). The van der Waals surface area contributed by atoms with Crippen LogP contribution in [0.5, 0.6) is 0 Å². The van der Waals surface area contributed by atoms with Crippen molar-refractivity contribution >= 4 is 61.6 Å². The molecule has 10 heteroatoms. The number of fused-ring (bicyclic) bond motifs is 2. The summed E-state index contributed by atoms with van der Waals surface area (Å²) in [5.41, 5.74) is 1.64. The number of esters is 1. The van der Waals surface area contributed by atoms with Crippen LogP contribution in [0.25, 0.3) is 44.8 Å². The van der Waals surface area contributed by atoms with Gasteiger partial charge in [-0.25, -0.2) is 9.78 Å². The minimum absolute atomic E-state index is 0.239. The highest BCUT2D eigenvalue weighted by Gasteiger charge is 2.17. The maximum atomic E-state index is 13.5. The molecule has 0 aliphatic carbocycles. The Hall–Kier alpha value is -4.47. The molecule has 0 unspecified atom stereocenters. The smallest absolute Gasteiger partial charge is 0.337 e. The molecule has 192 valence electrons. The van der Waals surface area contributed by atoms with Gasteiger partial charge < -0.3 is 13.6 Å². The lowest BCUT2D eigenvalue weighted by molar-refractivity contribution is 0.0601. The van der Waals surface area contributed by atoms with Gasteiger partial charge in [-0.1, -0.05) is 39.7 Å². The van der Waals surface area contributed by atoms with Gasteiger partial charge in [0.05, 0.1) is 34.8 Å². The van der Waals surface area contributed by atoms with Crippen LogP contribution in [0, 0.1) is 0 Å². The Kier molecular flexibility index (Phi) is 6.38. The van der Waals surface area contributed by atoms with Crippen molar-refractivity contribution in [1.29, 1.82) is 0 Å². The number of para-hydroxylation sites is 1. The van der Waals surface area contributed by atoms with Crippen molar-refractivity contribution in [2.75, 3.05) is 7.11 Å². The molecule has 8 nitrogen and oxygen atoms in total. The largest absolute Gasteiger partial charge is 0.465 e. The maximum absolute atomic E-state index is 13.5. The molecule has 0 N–H and O–H groups in total. The van der Waals surface area contributed by atoms with Crippen molar-refractivity contribution in [2.45, 2.75) is 0 Å². The fourth-order valence-corrected chi connectivity index (χ4v) is 4.74. The molecule has 3 heterocycles. The SMILES string of the molecule is COC(=O)c1ccc(Cl)c(-c2ccc(C=Nn3c(-c4cc5cc(Br)ccc5o4)nc4ccccc4c3=O)o2)c1. The van der Waals surface area contributed by atoms with Gasteiger partial charge in [-0.3, -0.25) is 4.79 Å². The Morgan fingerprint density at radius 1 is 1.03 bits per heavy atom. The highest BCUT2D eigenvalue weighted by Crippen LogP contribution is 2.31. The molecule has 3 aromatic heterocycles. The number of benzene rings is 3. The van der Waals surface area contributed by atoms with Gasteiger partial charge in [-0.15, -0.1) is 0 Å². The first-order chi connectivity index (χ1) is 18.9. The van der Waals surface area contributed by atoms with Crippen molar-refractivity contribution < 1.29 is 18.4 Å². The van der Waals surface area contributed by atoms with E-state index in [1.807, 2.05) is 30.3 Å². The van der Waals surface area contributed by atoms with E-state index in [1.165, 1.54) is 18.0 Å². The lowest BCUT2D eigenvalue weighted by atomic mass is 10.1. The molecular weight excluding hydrogens is 586 g/mol. The fraction of sp³-hybridized carbons (Fsp3) is 0.0345. The molecule has 0 fully saturated rings. The van der Waals surface area contributed by atoms with Gasteiger partial charge in [0.2, 0.25) is 5.82 Å². The predicted octanol–water partition coefficient (Wildman–Crippen LogP) is 7.15. The number of ether oxygens (including phenoxy) is 1. The Morgan fingerprint density at radius 2 is 1.87 bits per heavy atom. The van der Waals surface area contributed by atoms with Crippen LogP contribution in [-0.4, -0.2) is 29.0 Å². The summed E-state index contributed by atoms with van der Waals surface area (Å²) < 4.78 is 18.8. The second kappa shape index (κ2) is 10.0. The fourth-order valence-electron chi connectivity index (χ4n) is 4.16. The van der Waals surface area contributed by atoms with E-state index in [9.17, 15) is 9.59 Å². The minimum Gasteiger partial charge on any atom is -0.465 e. The van der Waals surface area contributed by atoms with Crippen molar-refractivity contribution in [1.82, 2.24) is 9.66 Å². The average molecular weight is 603 g/mol. The summed E-state index contributed by atoms with van der Waals surface area (Å²) in [6.45, 7) is 0. The zero-order valence-corrected chi connectivity index (χ0v) is 22.6. The van der Waals surface area contributed by atoms with Crippen molar-refractivity contribution in [3.63, 3.8) is 0 Å². The average Bonchev–Trinajstić information content (AvgIpc) is 3.59. The second-order valence-electron chi connectivity index (χ2n) is 8.50. The van der Waals surface area contributed by atoms with Gasteiger partial charge in [0.1, 0.15) is 17.1 Å². The second-order valence-corrected chi connectivity index (χ2v) is 9.82. The third kappa shape index (κ3) is 4.67. The summed E-state index contributed by atoms with van der Waals surface area (Å²) in [4.78, 5) is 30.1. The van der Waals surface area contributed by atoms with Crippen LogP contribution < -0.4 is 5.56 Å². The number of furan rings is 2. The lowest BCUT2D eigenvalue weighted by Gasteiger charge is -2.07. The first-order valence-corrected chi connectivity index (χ1v) is 12.8. The summed E-state index contributed by atoms with van der Waals surface area (Å²) in [6.07, 6.45) is 1.40. The Morgan fingerprint density at radius 3 is 2.72 bits per heavy atom. The predicted molar refractivity (Wildman–Crippen MR) is 152 cm³/mol. The summed E-state index contributed by atoms with van der Waals surface area (Å²) in [6, 6.07) is 22.6. The first-order valence-electron chi connectivity index (χ1n) is 11.6. The van der Waals surface area contributed by atoms with Crippen LogP contribution in [0.4, 0.5) is 0 Å². The van der Waals surface area contributed by atoms with E-state index in [2.05, 4.69) is 26.0 Å². The minimum atomic E-state index is -0.491. The van der Waals surface area contributed by atoms with Gasteiger partial charge in [0, 0.05) is 15.4 Å². The number of hydrogen-bond donors (Lipinski definition) is 0. The third-order valence-electron chi connectivity index (χ3n) is 6.03. The van der Waals surface area contributed by atoms with E-state index in [4.69, 9.17) is 25.2 Å². The van der Waals surface area contributed by atoms with E-state index < -0.39 is 5.97 Å². The summed E-state index contributed by atoms with van der Waals surface area (Å²) in [5.74, 6) is 0.899. The maximum Gasteiger partial charge on any atom is 0.337 e. The molecule has 0 spiro atoms. The quantitative estimate of drug-likeness (QED) is 0.153. The summed E-state index contributed by atoms with van der Waals surface area (Å²) in [7, 11) is 1.31. The van der Waals surface area contributed by atoms with Crippen molar-refractivity contribution in [3.05, 3.63) is 110 Å². The van der Waals surface area contributed by atoms with Gasteiger partial charge in [0.15, 0.2) is 5.76 Å². The molecule has 0 radical (unpaired) electrons. The van der Waals surface area contributed by atoms with Crippen molar-refractivity contribution in [2.24, 2.45) is 5.10 Å². The highest BCUT2D eigenvalue weighted by molar-refractivity contribution is 9.10. The van der Waals surface area contributed by atoms with Crippen LogP contribution in [0.1, 0.15) is 16.1 Å². The third-order valence-corrected chi connectivity index (χ3v) is 6.86. The molecule has 0 aliphatic rings. The Bertz CT molecular complexity index is 1990. The number of carbonyl (C=O) groups excluding carboxylic acids is 1. The zero-order chi connectivity index (χ0) is 27.1. The van der Waals surface area contributed by atoms with Gasteiger partial charge >= 0.3 is 5.97 Å². The van der Waals surface area contributed by atoms with E-state index in [-0.39, 0.29) is 11.4 Å². The van der Waals surface area contributed by atoms with Crippen LogP contribution in [0.2, 0.25) is 5.02 Å². The molecule has 39 heavy (non-hydrogen) atoms. The standard InChI is InChI=1S/C29H17BrClN3O5/c1-37-29(36)16-6-9-22(31)21(13-16)25-11-8-19(38-25)15-32-34-27(33-23-5-3-2-4-20(23)28(34)35)26-14-17-12-18(30)7-10-24(17)39-26/h2-15H,1H3. The number of carbonyl (C=O) groups is 1. The molecule has 0 saturated carbocycles. The molecule has 6 aromatic rings. The first kappa shape index (κ1) is 24.8. The number of nitrogens with zero attached hydrogens (tertiary/aromatic N) is 3. The highest BCUT2D eigenvalue weighted by atomic mass is 79.9. The zero-order valence-electron chi connectivity index (χ0n) is 20.2. The number of halogens is 2. The van der Waals surface area contributed by atoms with Gasteiger partial charge in [-0.2, -0.15) is 9.78 Å². The number of aromatic nitrogens is 2. The van der Waals surface area contributed by atoms with Gasteiger partial charge in [0.25, 0.3) is 5.56 Å². The molecule has 0 atom stereocenters. The molecular formula is C29H17BrClN3O5. The Balaban J connectivity index is 1.44. The summed E-state index contributed by atoms with van der Waals surface area (Å²) in [5, 5.41) is 6.08. The molecule has 0 saturated heterocycles. The molecule has 0 bridgehead atoms. The van der Waals surface area contributed by atoms with Crippen LogP contribution in [-0.2, 0) is 4.74 Å². The van der Waals surface area contributed by atoms with E-state index >= 15 is 0 Å². The Labute approximate surface area is 234 Å². The summed E-state index contributed by atoms with van der Waals surface area (Å²) >= 11 is 9.82. The van der Waals surface area contributed by atoms with Crippen molar-refractivity contribution in [3.8, 4) is 22.9 Å². The van der Waals surface area contributed by atoms with E-state index in [1.54, 1.807) is 48.5 Å². The molecule has 3 aromatic carbocycles. The monoisotopic (exact) mass is 601 g/mol. The van der Waals surface area contributed by atoms with Crippen LogP contribution in [0.15, 0.2) is 102 Å². The van der Waals surface area contributed by atoms with E-state index in [0.717, 1.165) is 9.86 Å². The van der Waals surface area contributed by atoms with Crippen LogP contribution >= 0.6 is 27.5 Å². The topological polar surface area (TPSA) is 99.8 Å².